The lowest BCUT2D eigenvalue weighted by Crippen LogP contribution is -2.62. The molecule has 3 saturated carbocycles. The highest BCUT2D eigenvalue weighted by atomic mass is 16.5. The Morgan fingerprint density at radius 3 is 2.34 bits per heavy atom. The van der Waals surface area contributed by atoms with Crippen molar-refractivity contribution in [3.63, 3.8) is 0 Å². The van der Waals surface area contributed by atoms with Gasteiger partial charge in [0.2, 0.25) is 11.7 Å². The molecule has 5 aliphatic carbocycles. The van der Waals surface area contributed by atoms with Gasteiger partial charge in [-0.05, 0) is 110 Å². The Bertz CT molecular complexity index is 1520. The van der Waals surface area contributed by atoms with E-state index in [1.54, 1.807) is 0 Å². The van der Waals surface area contributed by atoms with Crippen LogP contribution in [0.3, 0.4) is 0 Å². The summed E-state index contributed by atoms with van der Waals surface area (Å²) < 4.78 is 6.17. The molecular weight excluding hydrogens is 542 g/mol. The number of hydrogen-bond acceptors (Lipinski definition) is 3. The summed E-state index contributed by atoms with van der Waals surface area (Å²) in [5.74, 6) is 1.38. The van der Waals surface area contributed by atoms with E-state index in [-0.39, 0.29) is 32.9 Å². The molecule has 0 radical (unpaired) electrons. The first-order valence-electron chi connectivity index (χ1n) is 17.2. The van der Waals surface area contributed by atoms with Crippen molar-refractivity contribution in [2.45, 2.75) is 106 Å². The summed E-state index contributed by atoms with van der Waals surface area (Å²) in [4.78, 5) is 29.8. The fraction of sp³-hybridized carbons (Fsp3) is 0.600. The van der Waals surface area contributed by atoms with Crippen molar-refractivity contribution >= 4 is 11.7 Å². The number of benzene rings is 1. The van der Waals surface area contributed by atoms with Crippen LogP contribution < -0.4 is 0 Å². The summed E-state index contributed by atoms with van der Waals surface area (Å²) in [6.45, 7) is 16.6. The second-order valence-corrected chi connectivity index (χ2v) is 16.4. The van der Waals surface area contributed by atoms with E-state index in [1.807, 2.05) is 36.4 Å². The number of ketones is 1. The van der Waals surface area contributed by atoms with Crippen LogP contribution in [-0.2, 0) is 20.9 Å². The third-order valence-corrected chi connectivity index (χ3v) is 14.0. The van der Waals surface area contributed by atoms with Gasteiger partial charge in [0, 0.05) is 29.5 Å². The number of nitrogens with zero attached hydrogens (tertiary/aromatic N) is 1. The standard InChI is InChI=1S/C40H51NO3/c1-27-29-14-15-32-38(4,30(29)24-31(42)34(27)44-26-28-12-8-7-9-13-28)19-21-40(6)33-25-37(3,35(43)41-22-10-11-23-41)17-16-36(33,2)18-20-39(32,40)5/h7-9,12-15,24,33H,10-11,16-23,25-26H2,1-6H3/t33-,36-,37-,38+,39-,40+/m1/s1. The molecule has 234 valence electrons. The number of allylic oxidation sites excluding steroid dienone is 7. The van der Waals surface area contributed by atoms with Crippen molar-refractivity contribution < 1.29 is 14.3 Å². The number of fused-ring (bicyclic) bond motifs is 7. The molecule has 0 aromatic heterocycles. The van der Waals surface area contributed by atoms with E-state index in [1.165, 1.54) is 24.0 Å². The summed E-state index contributed by atoms with van der Waals surface area (Å²) in [5, 5.41) is 0. The quantitative estimate of drug-likeness (QED) is 0.350. The lowest BCUT2D eigenvalue weighted by Gasteiger charge is -2.70. The number of hydrogen-bond donors (Lipinski definition) is 0. The minimum absolute atomic E-state index is 0.00669. The Hall–Kier alpha value is -2.88. The average Bonchev–Trinajstić information content (AvgIpc) is 3.55. The van der Waals surface area contributed by atoms with Gasteiger partial charge in [-0.25, -0.2) is 0 Å². The molecule has 1 saturated heterocycles. The maximum absolute atomic E-state index is 13.9. The summed E-state index contributed by atoms with van der Waals surface area (Å²) >= 11 is 0. The predicted molar refractivity (Wildman–Crippen MR) is 175 cm³/mol. The van der Waals surface area contributed by atoms with Gasteiger partial charge < -0.3 is 9.64 Å². The van der Waals surface area contributed by atoms with Crippen LogP contribution in [-0.4, -0.2) is 29.7 Å². The van der Waals surface area contributed by atoms with Crippen LogP contribution in [0.5, 0.6) is 0 Å². The molecule has 4 fully saturated rings. The number of likely N-dealkylation sites (tertiary alicyclic amines) is 1. The third-order valence-electron chi connectivity index (χ3n) is 14.0. The molecule has 1 heterocycles. The Labute approximate surface area is 264 Å². The molecule has 4 nitrogen and oxygen atoms in total. The summed E-state index contributed by atoms with van der Waals surface area (Å²) in [5.41, 5.74) is 5.79. The van der Waals surface area contributed by atoms with Crippen LogP contribution in [0.4, 0.5) is 0 Å². The van der Waals surface area contributed by atoms with Gasteiger partial charge in [-0.1, -0.05) is 82.7 Å². The smallest absolute Gasteiger partial charge is 0.228 e. The van der Waals surface area contributed by atoms with Gasteiger partial charge in [0.25, 0.3) is 0 Å². The van der Waals surface area contributed by atoms with Crippen LogP contribution in [0.15, 0.2) is 76.6 Å². The molecule has 1 amide bonds. The van der Waals surface area contributed by atoms with E-state index in [4.69, 9.17) is 4.74 Å². The van der Waals surface area contributed by atoms with Crippen molar-refractivity contribution in [2.24, 2.45) is 33.0 Å². The minimum Gasteiger partial charge on any atom is -0.485 e. The average molecular weight is 594 g/mol. The zero-order valence-corrected chi connectivity index (χ0v) is 27.9. The molecule has 6 aliphatic rings. The van der Waals surface area contributed by atoms with Crippen LogP contribution in [0.1, 0.15) is 105 Å². The summed E-state index contributed by atoms with van der Waals surface area (Å²) in [6, 6.07) is 10.1. The maximum atomic E-state index is 13.9. The largest absolute Gasteiger partial charge is 0.485 e. The van der Waals surface area contributed by atoms with Crippen molar-refractivity contribution in [3.05, 3.63) is 82.2 Å². The third kappa shape index (κ3) is 4.14. The number of carbonyl (C=O) groups is 2. The number of amides is 1. The summed E-state index contributed by atoms with van der Waals surface area (Å²) in [6.07, 6.45) is 16.6. The van der Waals surface area contributed by atoms with Crippen LogP contribution in [0, 0.1) is 33.0 Å². The zero-order chi connectivity index (χ0) is 31.1. The number of ether oxygens (including phenoxy) is 1. The van der Waals surface area contributed by atoms with Gasteiger partial charge in [0.15, 0.2) is 5.76 Å². The van der Waals surface area contributed by atoms with Crippen molar-refractivity contribution in [1.82, 2.24) is 4.90 Å². The highest BCUT2D eigenvalue weighted by molar-refractivity contribution is 6.07. The molecule has 0 spiro atoms. The topological polar surface area (TPSA) is 46.6 Å². The molecule has 44 heavy (non-hydrogen) atoms. The molecule has 1 aromatic rings. The van der Waals surface area contributed by atoms with Crippen molar-refractivity contribution in [2.75, 3.05) is 13.1 Å². The number of carbonyl (C=O) groups excluding carboxylic acids is 2. The van der Waals surface area contributed by atoms with E-state index >= 15 is 0 Å². The van der Waals surface area contributed by atoms with Gasteiger partial charge in [-0.2, -0.15) is 0 Å². The molecule has 7 rings (SSSR count). The molecule has 1 aromatic carbocycles. The normalized spacial score (nSPS) is 39.8. The molecular formula is C40H51NO3. The van der Waals surface area contributed by atoms with Gasteiger partial charge in [0.1, 0.15) is 6.61 Å². The lowest BCUT2D eigenvalue weighted by atomic mass is 9.34. The molecule has 1 aliphatic heterocycles. The Morgan fingerprint density at radius 1 is 0.909 bits per heavy atom. The Kier molecular flexibility index (Phi) is 6.82. The zero-order valence-electron chi connectivity index (χ0n) is 27.9. The van der Waals surface area contributed by atoms with E-state index in [2.05, 4.69) is 58.6 Å². The van der Waals surface area contributed by atoms with Gasteiger partial charge in [-0.15, -0.1) is 0 Å². The molecule has 0 N–H and O–H groups in total. The van der Waals surface area contributed by atoms with E-state index in [0.717, 1.165) is 74.7 Å². The van der Waals surface area contributed by atoms with E-state index in [0.29, 0.717) is 24.2 Å². The fourth-order valence-corrected chi connectivity index (χ4v) is 10.9. The second-order valence-electron chi connectivity index (χ2n) is 16.4. The fourth-order valence-electron chi connectivity index (χ4n) is 10.9. The van der Waals surface area contributed by atoms with Gasteiger partial charge >= 0.3 is 0 Å². The summed E-state index contributed by atoms with van der Waals surface area (Å²) in [7, 11) is 0. The highest BCUT2D eigenvalue weighted by Crippen LogP contribution is 2.75. The Balaban J connectivity index is 1.23. The molecule has 0 bridgehead atoms. The monoisotopic (exact) mass is 593 g/mol. The SMILES string of the molecule is CC1=C(OCc2ccccc2)C(=O)C=C2C1=CC=C1[C@@]2(C)CC[C@@]2(C)[C@@H]3C[C@](C)(C(=O)N4CCCC4)CC[C@]3(C)CC[C@]12C. The van der Waals surface area contributed by atoms with Crippen molar-refractivity contribution in [3.8, 4) is 0 Å². The first-order chi connectivity index (χ1) is 20.8. The molecule has 6 atom stereocenters. The minimum atomic E-state index is -0.263. The molecule has 0 unspecified atom stereocenters. The first-order valence-corrected chi connectivity index (χ1v) is 17.2. The van der Waals surface area contributed by atoms with E-state index in [9.17, 15) is 9.59 Å². The van der Waals surface area contributed by atoms with Crippen LogP contribution in [0.2, 0.25) is 0 Å². The predicted octanol–water partition coefficient (Wildman–Crippen LogP) is 8.89. The second kappa shape index (κ2) is 10.1. The van der Waals surface area contributed by atoms with Gasteiger partial charge in [0.05, 0.1) is 0 Å². The van der Waals surface area contributed by atoms with E-state index < -0.39 is 0 Å². The maximum Gasteiger partial charge on any atom is 0.228 e. The van der Waals surface area contributed by atoms with Gasteiger partial charge in [-0.3, -0.25) is 9.59 Å². The lowest BCUT2D eigenvalue weighted by molar-refractivity contribution is -0.174. The first kappa shape index (κ1) is 29.8. The van der Waals surface area contributed by atoms with Crippen molar-refractivity contribution in [1.29, 1.82) is 0 Å². The molecule has 4 heteroatoms. The Morgan fingerprint density at radius 2 is 1.61 bits per heavy atom. The van der Waals surface area contributed by atoms with Crippen LogP contribution >= 0.6 is 0 Å². The number of rotatable bonds is 4. The highest BCUT2D eigenvalue weighted by Gasteiger charge is 2.67. The van der Waals surface area contributed by atoms with Crippen LogP contribution in [0.25, 0.3) is 0 Å².